The number of benzene rings is 4. The van der Waals surface area contributed by atoms with Gasteiger partial charge in [0, 0.05) is 36.1 Å². The molecule has 0 spiro atoms. The smallest absolute Gasteiger partial charge is 0.267 e. The number of fused-ring (bicyclic) bond motifs is 1. The standard InChI is InChI=1S/C35H31F2N5O2/c1-40(19-23-7-4-3-5-8-23)22-32-33(25-11-15-26(38)16-12-25)39-35-41(21-29-30(36)9-6-10-31(29)37)20-28(34(43)42(32)35)24-13-17-27(44-2)18-14-24/h3-18,20H,19,21-22,38H2,1-2H3. The molecule has 0 aliphatic heterocycles. The largest absolute Gasteiger partial charge is 0.497 e. The van der Waals surface area contributed by atoms with Crippen molar-refractivity contribution in [1.82, 2.24) is 18.9 Å². The quantitative estimate of drug-likeness (QED) is 0.198. The minimum atomic E-state index is -0.680. The Morgan fingerprint density at radius 2 is 1.50 bits per heavy atom. The Bertz CT molecular complexity index is 1970. The zero-order valence-electron chi connectivity index (χ0n) is 24.4. The van der Waals surface area contributed by atoms with Crippen molar-refractivity contribution in [3.05, 3.63) is 142 Å². The molecule has 2 aromatic heterocycles. The molecule has 0 fully saturated rings. The van der Waals surface area contributed by atoms with Crippen molar-refractivity contribution in [2.45, 2.75) is 19.6 Å². The molecule has 0 aliphatic rings. The lowest BCUT2D eigenvalue weighted by molar-refractivity contribution is 0.314. The third-order valence-corrected chi connectivity index (χ3v) is 7.62. The number of nitrogens with two attached hydrogens (primary N) is 1. The predicted octanol–water partition coefficient (Wildman–Crippen LogP) is 6.38. The molecule has 0 saturated carbocycles. The van der Waals surface area contributed by atoms with Crippen LogP contribution in [-0.2, 0) is 19.6 Å². The molecule has 6 aromatic rings. The van der Waals surface area contributed by atoms with Gasteiger partial charge < -0.3 is 15.0 Å². The lowest BCUT2D eigenvalue weighted by Gasteiger charge is -2.18. The molecular weight excluding hydrogens is 560 g/mol. The van der Waals surface area contributed by atoms with Crippen LogP contribution >= 0.6 is 0 Å². The van der Waals surface area contributed by atoms with Gasteiger partial charge >= 0.3 is 0 Å². The summed E-state index contributed by atoms with van der Waals surface area (Å²) in [6, 6.07) is 28.2. The summed E-state index contributed by atoms with van der Waals surface area (Å²) in [7, 11) is 3.54. The summed E-state index contributed by atoms with van der Waals surface area (Å²) in [5.74, 6) is -0.452. The number of methoxy groups -OCH3 is 1. The predicted molar refractivity (Wildman–Crippen MR) is 168 cm³/mol. The third-order valence-electron chi connectivity index (χ3n) is 7.62. The summed E-state index contributed by atoms with van der Waals surface area (Å²) in [6.07, 6.45) is 1.61. The molecule has 222 valence electrons. The van der Waals surface area contributed by atoms with E-state index in [0.717, 1.165) is 11.1 Å². The van der Waals surface area contributed by atoms with E-state index in [9.17, 15) is 13.6 Å². The van der Waals surface area contributed by atoms with E-state index in [0.29, 0.717) is 47.0 Å². The molecule has 7 nitrogen and oxygen atoms in total. The first-order chi connectivity index (χ1) is 21.3. The molecule has 2 N–H and O–H groups in total. The Balaban J connectivity index is 1.60. The van der Waals surface area contributed by atoms with E-state index in [1.165, 1.54) is 18.2 Å². The van der Waals surface area contributed by atoms with Gasteiger partial charge in [-0.05, 0) is 54.6 Å². The Kier molecular flexibility index (Phi) is 7.95. The molecule has 44 heavy (non-hydrogen) atoms. The molecular formula is C35H31F2N5O2. The van der Waals surface area contributed by atoms with Crippen LogP contribution < -0.4 is 16.0 Å². The van der Waals surface area contributed by atoms with Crippen LogP contribution in [0.4, 0.5) is 14.5 Å². The molecule has 0 amide bonds. The zero-order valence-corrected chi connectivity index (χ0v) is 24.4. The molecule has 0 unspecified atom stereocenters. The zero-order chi connectivity index (χ0) is 30.8. The van der Waals surface area contributed by atoms with Crippen LogP contribution in [0.2, 0.25) is 0 Å². The number of imidazole rings is 1. The van der Waals surface area contributed by atoms with E-state index in [4.69, 9.17) is 15.5 Å². The fourth-order valence-electron chi connectivity index (χ4n) is 5.40. The lowest BCUT2D eigenvalue weighted by Crippen LogP contribution is -2.25. The number of hydrogen-bond acceptors (Lipinski definition) is 5. The third kappa shape index (κ3) is 5.69. The maximum atomic E-state index is 14.9. The second-order valence-corrected chi connectivity index (χ2v) is 10.7. The minimum absolute atomic E-state index is 0.126. The average molecular weight is 592 g/mol. The number of halogens is 2. The van der Waals surface area contributed by atoms with Crippen LogP contribution in [0.15, 0.2) is 108 Å². The molecule has 0 saturated heterocycles. The monoisotopic (exact) mass is 591 g/mol. The average Bonchev–Trinajstić information content (AvgIpc) is 3.40. The van der Waals surface area contributed by atoms with Crippen LogP contribution in [0, 0.1) is 11.6 Å². The van der Waals surface area contributed by atoms with Crippen molar-refractivity contribution >= 4 is 11.5 Å². The molecule has 0 radical (unpaired) electrons. The number of rotatable bonds is 9. The second kappa shape index (κ2) is 12.1. The van der Waals surface area contributed by atoms with Crippen molar-refractivity contribution in [2.24, 2.45) is 0 Å². The second-order valence-electron chi connectivity index (χ2n) is 10.7. The van der Waals surface area contributed by atoms with Gasteiger partial charge in [-0.15, -0.1) is 0 Å². The van der Waals surface area contributed by atoms with Gasteiger partial charge in [0.25, 0.3) is 5.56 Å². The van der Waals surface area contributed by atoms with Gasteiger partial charge in [-0.2, -0.15) is 0 Å². The Labute approximate surface area is 253 Å². The minimum Gasteiger partial charge on any atom is -0.497 e. The van der Waals surface area contributed by atoms with Gasteiger partial charge in [0.15, 0.2) is 0 Å². The summed E-state index contributed by atoms with van der Waals surface area (Å²) in [4.78, 5) is 21.4. The number of aromatic nitrogens is 3. The van der Waals surface area contributed by atoms with Crippen molar-refractivity contribution in [3.8, 4) is 28.1 Å². The fourth-order valence-corrected chi connectivity index (χ4v) is 5.40. The number of hydrogen-bond donors (Lipinski definition) is 1. The van der Waals surface area contributed by atoms with Crippen LogP contribution in [0.5, 0.6) is 5.75 Å². The van der Waals surface area contributed by atoms with Crippen molar-refractivity contribution in [2.75, 3.05) is 19.9 Å². The molecule has 0 bridgehead atoms. The normalized spacial score (nSPS) is 11.4. The van der Waals surface area contributed by atoms with Crippen LogP contribution in [0.1, 0.15) is 16.8 Å². The van der Waals surface area contributed by atoms with Crippen LogP contribution in [0.25, 0.3) is 28.2 Å². The highest BCUT2D eigenvalue weighted by atomic mass is 19.1. The van der Waals surface area contributed by atoms with E-state index in [-0.39, 0.29) is 23.4 Å². The number of nitrogen functional groups attached to an aromatic ring is 1. The first kappa shape index (κ1) is 28.8. The Morgan fingerprint density at radius 1 is 0.841 bits per heavy atom. The van der Waals surface area contributed by atoms with E-state index in [1.807, 2.05) is 49.5 Å². The van der Waals surface area contributed by atoms with Gasteiger partial charge in [-0.25, -0.2) is 18.2 Å². The molecule has 9 heteroatoms. The molecule has 6 rings (SSSR count). The summed E-state index contributed by atoms with van der Waals surface area (Å²) in [6.45, 7) is 0.816. The van der Waals surface area contributed by atoms with E-state index < -0.39 is 11.6 Å². The van der Waals surface area contributed by atoms with Gasteiger partial charge in [-0.3, -0.25) is 9.69 Å². The van der Waals surface area contributed by atoms with Crippen molar-refractivity contribution < 1.29 is 13.5 Å². The summed E-state index contributed by atoms with van der Waals surface area (Å²) < 4.78 is 38.3. The van der Waals surface area contributed by atoms with Crippen molar-refractivity contribution in [1.29, 1.82) is 0 Å². The highest BCUT2D eigenvalue weighted by Gasteiger charge is 2.23. The van der Waals surface area contributed by atoms with Gasteiger partial charge in [0.2, 0.25) is 5.78 Å². The Hall–Kier alpha value is -5.28. The topological polar surface area (TPSA) is 77.8 Å². The SMILES string of the molecule is COc1ccc(-c2cn(Cc3c(F)cccc3F)c3nc(-c4ccc(N)cc4)c(CN(C)Cc4ccccc4)n3c2=O)cc1. The molecule has 4 aromatic carbocycles. The maximum Gasteiger partial charge on any atom is 0.267 e. The molecule has 2 heterocycles. The van der Waals surface area contributed by atoms with Gasteiger partial charge in [0.1, 0.15) is 17.4 Å². The summed E-state index contributed by atoms with van der Waals surface area (Å²) in [5.41, 5.74) is 10.2. The summed E-state index contributed by atoms with van der Waals surface area (Å²) >= 11 is 0. The van der Waals surface area contributed by atoms with E-state index in [1.54, 1.807) is 58.7 Å². The molecule has 0 atom stereocenters. The van der Waals surface area contributed by atoms with E-state index >= 15 is 0 Å². The first-order valence-electron chi connectivity index (χ1n) is 14.1. The van der Waals surface area contributed by atoms with Gasteiger partial charge in [-0.1, -0.05) is 60.7 Å². The fraction of sp³-hybridized carbons (Fsp3) is 0.143. The van der Waals surface area contributed by atoms with Crippen LogP contribution in [0.3, 0.4) is 0 Å². The number of anilines is 1. The van der Waals surface area contributed by atoms with Crippen LogP contribution in [-0.4, -0.2) is 33.0 Å². The molecule has 0 aliphatic carbocycles. The number of nitrogens with zero attached hydrogens (tertiary/aromatic N) is 4. The lowest BCUT2D eigenvalue weighted by atomic mass is 10.1. The Morgan fingerprint density at radius 3 is 2.16 bits per heavy atom. The highest BCUT2D eigenvalue weighted by molar-refractivity contribution is 5.70. The summed E-state index contributed by atoms with van der Waals surface area (Å²) in [5, 5.41) is 0. The highest BCUT2D eigenvalue weighted by Crippen LogP contribution is 2.29. The maximum absolute atomic E-state index is 14.9. The van der Waals surface area contributed by atoms with Crippen molar-refractivity contribution in [3.63, 3.8) is 0 Å². The number of ether oxygens (including phenoxy) is 1. The first-order valence-corrected chi connectivity index (χ1v) is 14.1. The van der Waals surface area contributed by atoms with Gasteiger partial charge in [0.05, 0.1) is 30.6 Å². The van der Waals surface area contributed by atoms with E-state index in [2.05, 4.69) is 4.90 Å².